The number of thioether (sulfide) groups is 1. The van der Waals surface area contributed by atoms with Crippen molar-refractivity contribution in [2.45, 2.75) is 56.1 Å². The minimum absolute atomic E-state index is 0.0187. The third-order valence-corrected chi connectivity index (χ3v) is 8.42. The van der Waals surface area contributed by atoms with E-state index in [0.717, 1.165) is 64.7 Å². The van der Waals surface area contributed by atoms with Crippen LogP contribution in [0.25, 0.3) is 11.3 Å². The van der Waals surface area contributed by atoms with Crippen LogP contribution < -0.4 is 10.9 Å². The number of anilines is 1. The number of aromatic nitrogens is 2. The number of halogens is 1. The maximum atomic E-state index is 14.1. The van der Waals surface area contributed by atoms with Gasteiger partial charge in [0.2, 0.25) is 5.91 Å². The van der Waals surface area contributed by atoms with E-state index in [4.69, 9.17) is 4.98 Å². The number of nitrogens with zero attached hydrogens (tertiary/aromatic N) is 2. The molecule has 2 aliphatic rings. The zero-order chi connectivity index (χ0) is 24.6. The first-order valence-corrected chi connectivity index (χ1v) is 13.7. The van der Waals surface area contributed by atoms with Crippen LogP contribution in [0.5, 0.6) is 0 Å². The van der Waals surface area contributed by atoms with Crippen molar-refractivity contribution in [1.82, 2.24) is 9.55 Å². The number of carbonyl (C=O) groups is 1. The van der Waals surface area contributed by atoms with Gasteiger partial charge in [0, 0.05) is 27.7 Å². The molecule has 1 spiro atoms. The molecule has 5 rings (SSSR count). The summed E-state index contributed by atoms with van der Waals surface area (Å²) in [5.41, 5.74) is 5.44. The number of amides is 1. The van der Waals surface area contributed by atoms with Crippen LogP contribution >= 0.6 is 27.7 Å². The fourth-order valence-electron chi connectivity index (χ4n) is 5.42. The number of rotatable bonds is 6. The number of allylic oxidation sites excluding steroid dienone is 1. The van der Waals surface area contributed by atoms with Crippen molar-refractivity contribution < 1.29 is 4.79 Å². The second-order valence-corrected chi connectivity index (χ2v) is 11.5. The molecule has 1 saturated carbocycles. The lowest BCUT2D eigenvalue weighted by molar-refractivity contribution is -0.113. The molecule has 1 aromatic heterocycles. The quantitative estimate of drug-likeness (QED) is 0.221. The lowest BCUT2D eigenvalue weighted by Crippen LogP contribution is -2.40. The third-order valence-electron chi connectivity index (χ3n) is 6.91. The van der Waals surface area contributed by atoms with Gasteiger partial charge in [0.25, 0.3) is 5.56 Å². The molecule has 0 unspecified atom stereocenters. The zero-order valence-electron chi connectivity index (χ0n) is 19.8. The number of carbonyl (C=O) groups excluding carboxylic acids is 1. The molecule has 35 heavy (non-hydrogen) atoms. The fourth-order valence-corrected chi connectivity index (χ4v) is 6.48. The normalized spacial score (nSPS) is 15.5. The average Bonchev–Trinajstić information content (AvgIpc) is 3.29. The molecule has 5 nitrogen and oxygen atoms in total. The van der Waals surface area contributed by atoms with Gasteiger partial charge in [-0.05, 0) is 56.0 Å². The Labute approximate surface area is 218 Å². The Morgan fingerprint density at radius 3 is 2.60 bits per heavy atom. The second kappa shape index (κ2) is 9.78. The van der Waals surface area contributed by atoms with E-state index in [1.54, 1.807) is 4.57 Å². The Bertz CT molecular complexity index is 1360. The molecule has 0 aliphatic heterocycles. The minimum atomic E-state index is -0.146. The van der Waals surface area contributed by atoms with Gasteiger partial charge in [-0.1, -0.05) is 77.0 Å². The van der Waals surface area contributed by atoms with E-state index in [1.807, 2.05) is 37.3 Å². The van der Waals surface area contributed by atoms with Crippen LogP contribution in [0.2, 0.25) is 0 Å². The molecular weight excluding hydrogens is 522 g/mol. The van der Waals surface area contributed by atoms with Crippen LogP contribution in [0.15, 0.2) is 75.1 Å². The fraction of sp³-hybridized carbons (Fsp3) is 0.321. The largest absolute Gasteiger partial charge is 0.325 e. The summed E-state index contributed by atoms with van der Waals surface area (Å²) >= 11 is 4.71. The van der Waals surface area contributed by atoms with Gasteiger partial charge in [0.1, 0.15) is 0 Å². The van der Waals surface area contributed by atoms with Crippen LogP contribution in [0.3, 0.4) is 0 Å². The lowest BCUT2D eigenvalue weighted by Gasteiger charge is -2.36. The Kier molecular flexibility index (Phi) is 6.73. The molecular formula is C28H28BrN3O2S. The molecule has 2 aromatic carbocycles. The highest BCUT2D eigenvalue weighted by molar-refractivity contribution is 9.10. The van der Waals surface area contributed by atoms with Crippen LogP contribution in [-0.2, 0) is 23.2 Å². The smallest absolute Gasteiger partial charge is 0.258 e. The monoisotopic (exact) mass is 549 g/mol. The Balaban J connectivity index is 1.53. The maximum absolute atomic E-state index is 14.1. The number of benzene rings is 2. The molecule has 2 aliphatic carbocycles. The van der Waals surface area contributed by atoms with Gasteiger partial charge in [-0.3, -0.25) is 14.2 Å². The van der Waals surface area contributed by atoms with Gasteiger partial charge >= 0.3 is 0 Å². The van der Waals surface area contributed by atoms with Gasteiger partial charge in [-0.2, -0.15) is 0 Å². The summed E-state index contributed by atoms with van der Waals surface area (Å²) in [6.07, 6.45) is 5.19. The molecule has 1 fully saturated rings. The highest BCUT2D eigenvalue weighted by Gasteiger charge is 2.44. The van der Waals surface area contributed by atoms with Crippen molar-refractivity contribution in [2.75, 3.05) is 11.1 Å². The van der Waals surface area contributed by atoms with Gasteiger partial charge in [0.05, 0.1) is 17.0 Å². The molecule has 0 atom stereocenters. The molecule has 3 aromatic rings. The average molecular weight is 551 g/mol. The molecule has 180 valence electrons. The summed E-state index contributed by atoms with van der Waals surface area (Å²) in [7, 11) is 0. The van der Waals surface area contributed by atoms with Gasteiger partial charge in [-0.15, -0.1) is 0 Å². The van der Waals surface area contributed by atoms with E-state index < -0.39 is 0 Å². The van der Waals surface area contributed by atoms with Gasteiger partial charge < -0.3 is 5.32 Å². The van der Waals surface area contributed by atoms with Crippen LogP contribution in [0.1, 0.15) is 43.7 Å². The first-order chi connectivity index (χ1) is 16.9. The summed E-state index contributed by atoms with van der Waals surface area (Å²) in [4.78, 5) is 31.9. The number of hydrogen-bond donors (Lipinski definition) is 1. The SMILES string of the molecule is C=C(C)Cn1c(SCC(=O)Nc2ccc(Br)cc2)nc2c(c1=O)C1(CCCC1)Cc1ccccc1-2. The first kappa shape index (κ1) is 24.1. The van der Waals surface area contributed by atoms with E-state index in [-0.39, 0.29) is 22.6 Å². The molecule has 1 amide bonds. The molecule has 1 N–H and O–H groups in total. The van der Waals surface area contributed by atoms with E-state index in [9.17, 15) is 9.59 Å². The van der Waals surface area contributed by atoms with Crippen molar-refractivity contribution in [3.63, 3.8) is 0 Å². The molecule has 0 bridgehead atoms. The van der Waals surface area contributed by atoms with Crippen molar-refractivity contribution in [3.8, 4) is 11.3 Å². The van der Waals surface area contributed by atoms with E-state index in [1.165, 1.54) is 17.3 Å². The number of hydrogen-bond acceptors (Lipinski definition) is 4. The second-order valence-electron chi connectivity index (χ2n) is 9.63. The van der Waals surface area contributed by atoms with Crippen molar-refractivity contribution >= 4 is 39.3 Å². The van der Waals surface area contributed by atoms with E-state index in [0.29, 0.717) is 11.7 Å². The highest BCUT2D eigenvalue weighted by atomic mass is 79.9. The van der Waals surface area contributed by atoms with Crippen molar-refractivity contribution in [1.29, 1.82) is 0 Å². The van der Waals surface area contributed by atoms with Crippen LogP contribution in [-0.4, -0.2) is 21.2 Å². The lowest BCUT2D eigenvalue weighted by atomic mass is 9.68. The van der Waals surface area contributed by atoms with Gasteiger partial charge in [-0.25, -0.2) is 4.98 Å². The summed E-state index contributed by atoms with van der Waals surface area (Å²) in [6.45, 7) is 6.36. The zero-order valence-corrected chi connectivity index (χ0v) is 22.2. The number of fused-ring (bicyclic) bond motifs is 4. The Morgan fingerprint density at radius 2 is 1.89 bits per heavy atom. The standard InChI is InChI=1S/C28H28BrN3O2S/c1-18(2)16-32-26(34)24-25(22-8-4-3-7-19(22)15-28(24)13-5-6-14-28)31-27(32)35-17-23(33)30-21-11-9-20(29)10-12-21/h3-4,7-12H,1,5-6,13-17H2,2H3,(H,30,33). The maximum Gasteiger partial charge on any atom is 0.258 e. The van der Waals surface area contributed by atoms with Gasteiger partial charge in [0.15, 0.2) is 5.16 Å². The van der Waals surface area contributed by atoms with Crippen molar-refractivity contribution in [2.24, 2.45) is 0 Å². The van der Waals surface area contributed by atoms with Crippen LogP contribution in [0, 0.1) is 0 Å². The first-order valence-electron chi connectivity index (χ1n) is 11.9. The van der Waals surface area contributed by atoms with E-state index >= 15 is 0 Å². The molecule has 0 radical (unpaired) electrons. The summed E-state index contributed by atoms with van der Waals surface area (Å²) in [5, 5.41) is 3.48. The molecule has 7 heteroatoms. The summed E-state index contributed by atoms with van der Waals surface area (Å²) in [6, 6.07) is 15.8. The van der Waals surface area contributed by atoms with Crippen molar-refractivity contribution in [3.05, 3.63) is 86.6 Å². The predicted molar refractivity (Wildman–Crippen MR) is 146 cm³/mol. The molecule has 0 saturated heterocycles. The minimum Gasteiger partial charge on any atom is -0.325 e. The third kappa shape index (κ3) is 4.76. The predicted octanol–water partition coefficient (Wildman–Crippen LogP) is 6.35. The Morgan fingerprint density at radius 1 is 1.17 bits per heavy atom. The Hall–Kier alpha value is -2.64. The number of nitrogens with one attached hydrogen (secondary N) is 1. The topological polar surface area (TPSA) is 64.0 Å². The summed E-state index contributed by atoms with van der Waals surface area (Å²) < 4.78 is 2.68. The van der Waals surface area contributed by atoms with Crippen LogP contribution in [0.4, 0.5) is 5.69 Å². The highest BCUT2D eigenvalue weighted by Crippen LogP contribution is 2.50. The summed E-state index contributed by atoms with van der Waals surface area (Å²) in [5.74, 6) is 0.0170. The molecule has 1 heterocycles. The van der Waals surface area contributed by atoms with E-state index in [2.05, 4.69) is 46.0 Å².